The van der Waals surface area contributed by atoms with Crippen molar-refractivity contribution in [3.63, 3.8) is 0 Å². The minimum absolute atomic E-state index is 0.218. The molecule has 0 fully saturated rings. The van der Waals surface area contributed by atoms with Crippen molar-refractivity contribution in [1.29, 1.82) is 0 Å². The number of ether oxygens (including phenoxy) is 2. The molecule has 0 saturated carbocycles. The Balaban J connectivity index is 1.79. The molecule has 0 atom stereocenters. The predicted molar refractivity (Wildman–Crippen MR) is 113 cm³/mol. The molecule has 0 unspecified atom stereocenters. The quantitative estimate of drug-likeness (QED) is 0.574. The van der Waals surface area contributed by atoms with Crippen LogP contribution in [0.1, 0.15) is 27.0 Å². The first-order valence-corrected chi connectivity index (χ1v) is 9.28. The van der Waals surface area contributed by atoms with Crippen molar-refractivity contribution >= 4 is 23.2 Å². The number of hydrogen-bond acceptors (Lipinski definition) is 3. The van der Waals surface area contributed by atoms with Crippen molar-refractivity contribution in [3.8, 4) is 11.5 Å². The van der Waals surface area contributed by atoms with Crippen LogP contribution in [-0.2, 0) is 6.61 Å². The van der Waals surface area contributed by atoms with Crippen molar-refractivity contribution in [1.82, 2.24) is 0 Å². The van der Waals surface area contributed by atoms with Gasteiger partial charge >= 0.3 is 0 Å². The number of nitrogens with one attached hydrogen (secondary N) is 1. The zero-order chi connectivity index (χ0) is 20.1. The Morgan fingerprint density at radius 1 is 1.04 bits per heavy atom. The Morgan fingerprint density at radius 3 is 2.61 bits per heavy atom. The molecule has 0 aromatic heterocycles. The van der Waals surface area contributed by atoms with E-state index < -0.39 is 0 Å². The van der Waals surface area contributed by atoms with E-state index in [1.807, 2.05) is 44.2 Å². The maximum atomic E-state index is 12.7. The summed E-state index contributed by atoms with van der Waals surface area (Å²) in [5, 5.41) is 3.48. The number of methoxy groups -OCH3 is 1. The van der Waals surface area contributed by atoms with E-state index in [-0.39, 0.29) is 5.91 Å². The van der Waals surface area contributed by atoms with Crippen LogP contribution < -0.4 is 14.8 Å². The second kappa shape index (κ2) is 8.81. The highest BCUT2D eigenvalue weighted by molar-refractivity contribution is 6.31. The first-order valence-electron chi connectivity index (χ1n) is 8.90. The monoisotopic (exact) mass is 395 g/mol. The highest BCUT2D eigenvalue weighted by Gasteiger charge is 2.12. The van der Waals surface area contributed by atoms with Crippen LogP contribution in [0.25, 0.3) is 0 Å². The molecule has 0 aliphatic heterocycles. The lowest BCUT2D eigenvalue weighted by Crippen LogP contribution is -2.13. The van der Waals surface area contributed by atoms with Gasteiger partial charge in [0, 0.05) is 21.8 Å². The molecule has 0 aliphatic carbocycles. The highest BCUT2D eigenvalue weighted by atomic mass is 35.5. The number of halogens is 1. The molecule has 0 aliphatic rings. The maximum absolute atomic E-state index is 12.7. The largest absolute Gasteiger partial charge is 0.496 e. The fraction of sp³-hybridized carbons (Fsp3) is 0.174. The summed E-state index contributed by atoms with van der Waals surface area (Å²) >= 11 is 6.04. The zero-order valence-electron chi connectivity index (χ0n) is 16.1. The molecule has 4 nitrogen and oxygen atoms in total. The van der Waals surface area contributed by atoms with Crippen LogP contribution in [0.15, 0.2) is 60.7 Å². The zero-order valence-corrected chi connectivity index (χ0v) is 16.8. The van der Waals surface area contributed by atoms with Crippen LogP contribution in [0.3, 0.4) is 0 Å². The first kappa shape index (κ1) is 19.8. The van der Waals surface area contributed by atoms with Crippen molar-refractivity contribution in [2.75, 3.05) is 12.4 Å². The normalized spacial score (nSPS) is 10.4. The van der Waals surface area contributed by atoms with Crippen LogP contribution in [0.5, 0.6) is 11.5 Å². The fourth-order valence-corrected chi connectivity index (χ4v) is 2.99. The fourth-order valence-electron chi connectivity index (χ4n) is 2.82. The van der Waals surface area contributed by atoms with Crippen molar-refractivity contribution in [2.45, 2.75) is 20.5 Å². The van der Waals surface area contributed by atoms with Gasteiger partial charge in [-0.05, 0) is 67.4 Å². The van der Waals surface area contributed by atoms with Crippen LogP contribution in [0, 0.1) is 13.8 Å². The molecular weight excluding hydrogens is 374 g/mol. The molecule has 1 amide bonds. The summed E-state index contributed by atoms with van der Waals surface area (Å²) in [7, 11) is 1.60. The lowest BCUT2D eigenvalue weighted by atomic mass is 10.1. The number of anilines is 1. The molecule has 0 spiro atoms. The Kier molecular flexibility index (Phi) is 6.22. The van der Waals surface area contributed by atoms with Gasteiger partial charge < -0.3 is 14.8 Å². The first-order chi connectivity index (χ1) is 13.5. The Labute approximate surface area is 170 Å². The van der Waals surface area contributed by atoms with Crippen molar-refractivity contribution < 1.29 is 14.3 Å². The van der Waals surface area contributed by atoms with Gasteiger partial charge in [0.1, 0.15) is 18.1 Å². The van der Waals surface area contributed by atoms with Crippen LogP contribution in [0.4, 0.5) is 5.69 Å². The summed E-state index contributed by atoms with van der Waals surface area (Å²) in [5.41, 5.74) is 4.05. The summed E-state index contributed by atoms with van der Waals surface area (Å²) in [6.45, 7) is 4.22. The number of amides is 1. The lowest BCUT2D eigenvalue weighted by molar-refractivity contribution is 0.102. The molecule has 5 heteroatoms. The number of aryl methyl sites for hydroxylation is 2. The second-order valence-corrected chi connectivity index (χ2v) is 6.98. The smallest absolute Gasteiger partial charge is 0.255 e. The predicted octanol–water partition coefficient (Wildman–Crippen LogP) is 5.80. The van der Waals surface area contributed by atoms with Gasteiger partial charge in [0.2, 0.25) is 0 Å². The van der Waals surface area contributed by atoms with Gasteiger partial charge in [-0.1, -0.05) is 29.8 Å². The molecule has 28 heavy (non-hydrogen) atoms. The summed E-state index contributed by atoms with van der Waals surface area (Å²) in [4.78, 5) is 12.7. The van der Waals surface area contributed by atoms with E-state index in [2.05, 4.69) is 5.32 Å². The third-order valence-corrected chi connectivity index (χ3v) is 4.61. The van der Waals surface area contributed by atoms with Gasteiger partial charge in [-0.3, -0.25) is 4.79 Å². The van der Waals surface area contributed by atoms with Gasteiger partial charge in [-0.15, -0.1) is 0 Å². The number of carbonyl (C=O) groups excluding carboxylic acids is 1. The number of carbonyl (C=O) groups is 1. The van der Waals surface area contributed by atoms with Crippen molar-refractivity contribution in [2.24, 2.45) is 0 Å². The summed E-state index contributed by atoms with van der Waals surface area (Å²) in [6, 6.07) is 18.5. The van der Waals surface area contributed by atoms with E-state index in [9.17, 15) is 4.79 Å². The molecule has 1 N–H and O–H groups in total. The number of rotatable bonds is 6. The van der Waals surface area contributed by atoms with E-state index in [4.69, 9.17) is 21.1 Å². The Hall–Kier alpha value is -2.98. The third-order valence-electron chi connectivity index (χ3n) is 4.37. The second-order valence-electron chi connectivity index (χ2n) is 6.55. The van der Waals surface area contributed by atoms with E-state index in [0.717, 1.165) is 22.4 Å². The molecule has 3 aromatic carbocycles. The average molecular weight is 396 g/mol. The standard InChI is InChI=1S/C23H22ClNO3/c1-15-5-4-6-20(11-15)28-14-18-12-17(8-10-22(18)27-3)23(26)25-21-13-19(24)9-7-16(21)2/h4-13H,14H2,1-3H3,(H,25,26). The molecule has 0 heterocycles. The average Bonchev–Trinajstić information content (AvgIpc) is 2.69. The third kappa shape index (κ3) is 4.84. The lowest BCUT2D eigenvalue weighted by Gasteiger charge is -2.13. The minimum atomic E-state index is -0.218. The van der Waals surface area contributed by atoms with Gasteiger partial charge in [0.15, 0.2) is 0 Å². The van der Waals surface area contributed by atoms with Gasteiger partial charge in [0.05, 0.1) is 7.11 Å². The Bertz CT molecular complexity index is 1000. The van der Waals surface area contributed by atoms with E-state index in [1.165, 1.54) is 0 Å². The molecule has 0 bridgehead atoms. The molecule has 0 saturated heterocycles. The van der Waals surface area contributed by atoms with E-state index >= 15 is 0 Å². The Morgan fingerprint density at radius 2 is 1.86 bits per heavy atom. The van der Waals surface area contributed by atoms with Crippen molar-refractivity contribution in [3.05, 3.63) is 87.9 Å². The topological polar surface area (TPSA) is 47.6 Å². The highest BCUT2D eigenvalue weighted by Crippen LogP contribution is 2.25. The number of hydrogen-bond donors (Lipinski definition) is 1. The van der Waals surface area contributed by atoms with Gasteiger partial charge in [0.25, 0.3) is 5.91 Å². The summed E-state index contributed by atoms with van der Waals surface area (Å²) in [5.74, 6) is 1.22. The van der Waals surface area contributed by atoms with Crippen LogP contribution in [-0.4, -0.2) is 13.0 Å². The van der Waals surface area contributed by atoms with Crippen LogP contribution >= 0.6 is 11.6 Å². The maximum Gasteiger partial charge on any atom is 0.255 e. The minimum Gasteiger partial charge on any atom is -0.496 e. The molecule has 144 valence electrons. The molecule has 3 rings (SSSR count). The SMILES string of the molecule is COc1ccc(C(=O)Nc2cc(Cl)ccc2C)cc1COc1cccc(C)c1. The van der Waals surface area contributed by atoms with Gasteiger partial charge in [-0.25, -0.2) is 0 Å². The number of benzene rings is 3. The van der Waals surface area contributed by atoms with E-state index in [0.29, 0.717) is 28.6 Å². The summed E-state index contributed by atoms with van der Waals surface area (Å²) in [6.07, 6.45) is 0. The van der Waals surface area contributed by atoms with E-state index in [1.54, 1.807) is 37.4 Å². The van der Waals surface area contributed by atoms with Gasteiger partial charge in [-0.2, -0.15) is 0 Å². The van der Waals surface area contributed by atoms with Crippen LogP contribution in [0.2, 0.25) is 5.02 Å². The molecule has 0 radical (unpaired) electrons. The molecular formula is C23H22ClNO3. The summed E-state index contributed by atoms with van der Waals surface area (Å²) < 4.78 is 11.3. The molecule has 3 aromatic rings.